The molecule has 0 aromatic heterocycles. The lowest BCUT2D eigenvalue weighted by Crippen LogP contribution is -2.53. The van der Waals surface area contributed by atoms with Gasteiger partial charge in [0.1, 0.15) is 6.04 Å². The third kappa shape index (κ3) is 4.38. The highest BCUT2D eigenvalue weighted by atomic mass is 16.4. The Bertz CT molecular complexity index is 325. The summed E-state index contributed by atoms with van der Waals surface area (Å²) in [6, 6.07) is -0.935. The third-order valence-electron chi connectivity index (χ3n) is 3.77. The van der Waals surface area contributed by atoms with Crippen LogP contribution in [0.1, 0.15) is 26.7 Å². The van der Waals surface area contributed by atoms with E-state index in [4.69, 9.17) is 5.11 Å². The normalized spacial score (nSPS) is 19.2. The van der Waals surface area contributed by atoms with Crippen molar-refractivity contribution < 1.29 is 14.7 Å². The fourth-order valence-corrected chi connectivity index (χ4v) is 2.30. The van der Waals surface area contributed by atoms with Gasteiger partial charge in [-0.25, -0.2) is 9.59 Å². The lowest BCUT2D eigenvalue weighted by atomic mass is 10.0. The van der Waals surface area contributed by atoms with Gasteiger partial charge in [-0.05, 0) is 38.9 Å². The van der Waals surface area contributed by atoms with Crippen LogP contribution in [-0.4, -0.2) is 66.2 Å². The lowest BCUT2D eigenvalue weighted by Gasteiger charge is -2.35. The molecule has 1 unspecified atom stereocenters. The molecule has 0 bridgehead atoms. The van der Waals surface area contributed by atoms with E-state index in [-0.39, 0.29) is 18.0 Å². The van der Waals surface area contributed by atoms with E-state index in [9.17, 15) is 9.59 Å². The molecule has 0 saturated carbocycles. The number of carboxylic acids is 1. The van der Waals surface area contributed by atoms with Crippen molar-refractivity contribution in [2.24, 2.45) is 5.92 Å². The van der Waals surface area contributed by atoms with E-state index in [1.165, 1.54) is 0 Å². The summed E-state index contributed by atoms with van der Waals surface area (Å²) in [4.78, 5) is 27.0. The number of piperidine rings is 1. The zero-order valence-corrected chi connectivity index (χ0v) is 12.2. The van der Waals surface area contributed by atoms with Crippen LogP contribution in [0.2, 0.25) is 0 Å². The second-order valence-electron chi connectivity index (χ2n) is 5.65. The Balaban J connectivity index is 2.54. The van der Waals surface area contributed by atoms with Crippen molar-refractivity contribution in [1.29, 1.82) is 0 Å². The molecule has 6 heteroatoms. The fraction of sp³-hybridized carbons (Fsp3) is 0.846. The van der Waals surface area contributed by atoms with Gasteiger partial charge in [-0.3, -0.25) is 0 Å². The number of amides is 2. The fourth-order valence-electron chi connectivity index (χ4n) is 2.30. The lowest BCUT2D eigenvalue weighted by molar-refractivity contribution is -0.140. The van der Waals surface area contributed by atoms with E-state index in [1.807, 2.05) is 0 Å². The summed E-state index contributed by atoms with van der Waals surface area (Å²) in [5.74, 6) is -1.12. The Kier molecular flexibility index (Phi) is 5.60. The van der Waals surface area contributed by atoms with Gasteiger partial charge < -0.3 is 20.2 Å². The van der Waals surface area contributed by atoms with Crippen LogP contribution in [0.3, 0.4) is 0 Å². The minimum absolute atomic E-state index is 0.132. The van der Waals surface area contributed by atoms with Crippen molar-refractivity contribution in [1.82, 2.24) is 15.1 Å². The molecule has 1 aliphatic heterocycles. The van der Waals surface area contributed by atoms with Crippen LogP contribution in [0.5, 0.6) is 0 Å². The van der Waals surface area contributed by atoms with Gasteiger partial charge in [0.05, 0.1) is 0 Å². The summed E-state index contributed by atoms with van der Waals surface area (Å²) in [5.41, 5.74) is 0. The molecule has 2 amide bonds. The molecule has 0 aromatic carbocycles. The molecule has 6 nitrogen and oxygen atoms in total. The van der Waals surface area contributed by atoms with Gasteiger partial charge in [0.15, 0.2) is 0 Å². The van der Waals surface area contributed by atoms with Crippen molar-refractivity contribution in [2.75, 3.05) is 27.2 Å². The topological polar surface area (TPSA) is 72.9 Å². The molecule has 1 fully saturated rings. The highest BCUT2D eigenvalue weighted by Crippen LogP contribution is 2.14. The standard InChI is InChI=1S/C13H25N3O3/c1-9(2)11(12(17)18)14-13(19)16(4)10-5-7-15(3)8-6-10/h9-11H,5-8H2,1-4H3,(H,14,19)(H,17,18). The number of carbonyl (C=O) groups excluding carboxylic acids is 1. The summed E-state index contributed by atoms with van der Waals surface area (Å²) in [5, 5.41) is 11.7. The molecule has 2 N–H and O–H groups in total. The maximum atomic E-state index is 12.1. The molecule has 1 rings (SSSR count). The second-order valence-corrected chi connectivity index (χ2v) is 5.65. The number of nitrogens with zero attached hydrogens (tertiary/aromatic N) is 2. The first kappa shape index (κ1) is 15.8. The molecule has 110 valence electrons. The van der Waals surface area contributed by atoms with E-state index in [0.717, 1.165) is 25.9 Å². The van der Waals surface area contributed by atoms with Crippen LogP contribution in [-0.2, 0) is 4.79 Å². The average Bonchev–Trinajstić information content (AvgIpc) is 2.34. The molecular formula is C13H25N3O3. The van der Waals surface area contributed by atoms with E-state index in [1.54, 1.807) is 25.8 Å². The SMILES string of the molecule is CC(C)C(NC(=O)N(C)C1CCN(C)CC1)C(=O)O. The molecule has 1 aliphatic rings. The zero-order chi connectivity index (χ0) is 14.6. The van der Waals surface area contributed by atoms with Crippen LogP contribution in [0.4, 0.5) is 4.79 Å². The predicted octanol–water partition coefficient (Wildman–Crippen LogP) is 0.831. The van der Waals surface area contributed by atoms with Crippen LogP contribution >= 0.6 is 0 Å². The Morgan fingerprint density at radius 2 is 1.84 bits per heavy atom. The second kappa shape index (κ2) is 6.75. The molecule has 0 spiro atoms. The van der Waals surface area contributed by atoms with Crippen LogP contribution in [0.25, 0.3) is 0 Å². The van der Waals surface area contributed by atoms with Crippen molar-refractivity contribution in [3.8, 4) is 0 Å². The minimum atomic E-state index is -0.986. The van der Waals surface area contributed by atoms with Gasteiger partial charge in [-0.2, -0.15) is 0 Å². The highest BCUT2D eigenvalue weighted by Gasteiger charge is 2.28. The van der Waals surface area contributed by atoms with E-state index in [0.29, 0.717) is 0 Å². The van der Waals surface area contributed by atoms with E-state index >= 15 is 0 Å². The quantitative estimate of drug-likeness (QED) is 0.794. The number of carbonyl (C=O) groups is 2. The van der Waals surface area contributed by atoms with Gasteiger partial charge >= 0.3 is 12.0 Å². The third-order valence-corrected chi connectivity index (χ3v) is 3.77. The van der Waals surface area contributed by atoms with Crippen LogP contribution < -0.4 is 5.32 Å². The molecule has 1 atom stereocenters. The smallest absolute Gasteiger partial charge is 0.326 e. The Morgan fingerprint density at radius 1 is 1.32 bits per heavy atom. The Labute approximate surface area is 114 Å². The number of rotatable bonds is 4. The predicted molar refractivity (Wildman–Crippen MR) is 73.1 cm³/mol. The maximum Gasteiger partial charge on any atom is 0.326 e. The van der Waals surface area contributed by atoms with Gasteiger partial charge in [-0.15, -0.1) is 0 Å². The molecule has 1 saturated heterocycles. The summed E-state index contributed by atoms with van der Waals surface area (Å²) < 4.78 is 0. The van der Waals surface area contributed by atoms with E-state index in [2.05, 4.69) is 17.3 Å². The van der Waals surface area contributed by atoms with Crippen molar-refractivity contribution in [2.45, 2.75) is 38.8 Å². The van der Waals surface area contributed by atoms with E-state index < -0.39 is 12.0 Å². The number of urea groups is 1. The van der Waals surface area contributed by atoms with Gasteiger partial charge in [0, 0.05) is 13.1 Å². The first-order valence-electron chi connectivity index (χ1n) is 6.77. The molecular weight excluding hydrogens is 246 g/mol. The van der Waals surface area contributed by atoms with Crippen molar-refractivity contribution >= 4 is 12.0 Å². The summed E-state index contributed by atoms with van der Waals surface area (Å²) in [7, 11) is 3.81. The first-order valence-corrected chi connectivity index (χ1v) is 6.77. The molecule has 19 heavy (non-hydrogen) atoms. The molecule has 0 aromatic rings. The summed E-state index contributed by atoms with van der Waals surface area (Å²) in [6.07, 6.45) is 1.86. The monoisotopic (exact) mass is 271 g/mol. The van der Waals surface area contributed by atoms with Gasteiger partial charge in [-0.1, -0.05) is 13.8 Å². The number of aliphatic carboxylic acids is 1. The van der Waals surface area contributed by atoms with Crippen LogP contribution in [0.15, 0.2) is 0 Å². The highest BCUT2D eigenvalue weighted by molar-refractivity contribution is 5.82. The van der Waals surface area contributed by atoms with Crippen molar-refractivity contribution in [3.63, 3.8) is 0 Å². The van der Waals surface area contributed by atoms with Gasteiger partial charge in [0.2, 0.25) is 0 Å². The maximum absolute atomic E-state index is 12.1. The average molecular weight is 271 g/mol. The van der Waals surface area contributed by atoms with Crippen molar-refractivity contribution in [3.05, 3.63) is 0 Å². The Hall–Kier alpha value is -1.30. The molecule has 1 heterocycles. The number of carboxylic acid groups (broad SMARTS) is 1. The Morgan fingerprint density at radius 3 is 2.26 bits per heavy atom. The van der Waals surface area contributed by atoms with Gasteiger partial charge in [0.25, 0.3) is 0 Å². The number of hydrogen-bond donors (Lipinski definition) is 2. The number of likely N-dealkylation sites (tertiary alicyclic amines) is 1. The first-order chi connectivity index (χ1) is 8.82. The minimum Gasteiger partial charge on any atom is -0.480 e. The zero-order valence-electron chi connectivity index (χ0n) is 12.2. The molecule has 0 radical (unpaired) electrons. The largest absolute Gasteiger partial charge is 0.480 e. The summed E-state index contributed by atoms with van der Waals surface area (Å²) in [6.45, 7) is 5.51. The number of nitrogens with one attached hydrogen (secondary N) is 1. The number of hydrogen-bond acceptors (Lipinski definition) is 3. The molecule has 0 aliphatic carbocycles. The summed E-state index contributed by atoms with van der Waals surface area (Å²) >= 11 is 0. The van der Waals surface area contributed by atoms with Crippen LogP contribution in [0, 0.1) is 5.92 Å².